The molecule has 0 saturated carbocycles. The quantitative estimate of drug-likeness (QED) is 0.788. The minimum absolute atomic E-state index is 0.0501. The van der Waals surface area contributed by atoms with Crippen molar-refractivity contribution in [1.82, 2.24) is 4.98 Å². The van der Waals surface area contributed by atoms with E-state index in [1.165, 1.54) is 7.48 Å². The Morgan fingerprint density at radius 3 is 2.95 bits per heavy atom. The highest BCUT2D eigenvalue weighted by Gasteiger charge is 2.22. The number of hydrogen-bond donors (Lipinski definition) is 2. The van der Waals surface area contributed by atoms with Crippen LogP contribution in [-0.4, -0.2) is 22.7 Å². The van der Waals surface area contributed by atoms with Crippen LogP contribution in [-0.2, 0) is 11.3 Å². The van der Waals surface area contributed by atoms with Crippen LogP contribution < -0.4 is 10.2 Å². The predicted molar refractivity (Wildman–Crippen MR) is 68.1 cm³/mol. The summed E-state index contributed by atoms with van der Waals surface area (Å²) in [6.45, 7) is -0.0501. The van der Waals surface area contributed by atoms with Crippen LogP contribution in [0.5, 0.6) is 11.6 Å². The fraction of sp³-hybridized carbons (Fsp3) is 0.154. The Labute approximate surface area is 110 Å². The van der Waals surface area contributed by atoms with E-state index in [2.05, 4.69) is 4.98 Å². The van der Waals surface area contributed by atoms with Crippen LogP contribution >= 0.6 is 0 Å². The van der Waals surface area contributed by atoms with Gasteiger partial charge in [0.15, 0.2) is 6.29 Å². The average Bonchev–Trinajstić information content (AvgIpc) is 2.81. The van der Waals surface area contributed by atoms with Crippen molar-refractivity contribution in [3.8, 4) is 11.6 Å². The van der Waals surface area contributed by atoms with Gasteiger partial charge in [0.2, 0.25) is 5.88 Å². The van der Waals surface area contributed by atoms with Crippen molar-refractivity contribution in [2.45, 2.75) is 12.9 Å². The van der Waals surface area contributed by atoms with Gasteiger partial charge >= 0.3 is 7.48 Å². The number of hydrogen-bond acceptors (Lipinski definition) is 5. The van der Waals surface area contributed by atoms with Gasteiger partial charge in [0.25, 0.3) is 0 Å². The summed E-state index contributed by atoms with van der Waals surface area (Å²) in [7, 11) is 1.51. The third kappa shape index (κ3) is 2.46. The summed E-state index contributed by atoms with van der Waals surface area (Å²) in [5, 5.41) is 18.5. The van der Waals surface area contributed by atoms with E-state index in [4.69, 9.17) is 14.5 Å². The van der Waals surface area contributed by atoms with Crippen molar-refractivity contribution in [1.29, 1.82) is 0 Å². The average molecular weight is 256 g/mol. The molecule has 1 aromatic heterocycles. The number of benzene rings is 1. The van der Waals surface area contributed by atoms with Crippen molar-refractivity contribution >= 4 is 12.9 Å². The molecule has 1 aliphatic rings. The van der Waals surface area contributed by atoms with E-state index < -0.39 is 6.29 Å². The van der Waals surface area contributed by atoms with Crippen LogP contribution in [0.25, 0.3) is 0 Å². The molecule has 0 aliphatic carbocycles. The van der Waals surface area contributed by atoms with Crippen LogP contribution in [0.3, 0.4) is 0 Å². The van der Waals surface area contributed by atoms with Gasteiger partial charge in [0.05, 0.1) is 6.61 Å². The second kappa shape index (κ2) is 5.01. The molecule has 0 bridgehead atoms. The molecule has 6 heteroatoms. The summed E-state index contributed by atoms with van der Waals surface area (Å²) in [6.07, 6.45) is 0.609. The first kappa shape index (κ1) is 12.2. The van der Waals surface area contributed by atoms with Gasteiger partial charge in [-0.05, 0) is 29.2 Å². The lowest BCUT2D eigenvalue weighted by atomic mass is 9.87. The molecule has 1 aliphatic heterocycles. The van der Waals surface area contributed by atoms with Gasteiger partial charge in [-0.1, -0.05) is 6.07 Å². The predicted octanol–water partition coefficient (Wildman–Crippen LogP) is 0.632. The monoisotopic (exact) mass is 256 g/mol. The maximum Gasteiger partial charge on any atom is 0.334 e. The lowest BCUT2D eigenvalue weighted by molar-refractivity contribution is -0.00804. The van der Waals surface area contributed by atoms with Crippen molar-refractivity contribution in [3.05, 3.63) is 47.7 Å². The summed E-state index contributed by atoms with van der Waals surface area (Å²) in [6, 6.07) is 8.71. The molecule has 0 fully saturated rings. The largest absolute Gasteiger partial charge is 0.439 e. The number of aromatic nitrogens is 1. The molecule has 19 heavy (non-hydrogen) atoms. The molecule has 0 amide bonds. The lowest BCUT2D eigenvalue weighted by Crippen LogP contribution is -2.10. The van der Waals surface area contributed by atoms with Gasteiger partial charge in [-0.3, -0.25) is 0 Å². The Morgan fingerprint density at radius 1 is 1.32 bits per heavy atom. The first-order valence-corrected chi connectivity index (χ1v) is 5.80. The van der Waals surface area contributed by atoms with E-state index in [0.29, 0.717) is 17.2 Å². The zero-order valence-corrected chi connectivity index (χ0v) is 9.98. The molecule has 0 saturated heterocycles. The molecule has 5 nitrogen and oxygen atoms in total. The SMILES string of the molecule is OCc1ccc(Oc2ccc3c(c2)C(O)O[B]3)nc1. The van der Waals surface area contributed by atoms with Gasteiger partial charge in [-0.25, -0.2) is 4.98 Å². The van der Waals surface area contributed by atoms with E-state index in [-0.39, 0.29) is 6.61 Å². The fourth-order valence-corrected chi connectivity index (χ4v) is 1.83. The summed E-state index contributed by atoms with van der Waals surface area (Å²) < 4.78 is 10.6. The maximum absolute atomic E-state index is 9.59. The highest BCUT2D eigenvalue weighted by atomic mass is 16.6. The number of pyridine rings is 1. The standard InChI is InChI=1S/C13H11BNO4/c16-7-8-1-4-12(15-6-8)18-9-2-3-11-10(5-9)13(17)19-14-11/h1-6,13,16-17H,7H2. The molecule has 1 radical (unpaired) electrons. The molecule has 2 N–H and O–H groups in total. The van der Waals surface area contributed by atoms with Gasteiger partial charge in [0, 0.05) is 17.8 Å². The molecule has 2 aromatic rings. The Morgan fingerprint density at radius 2 is 2.21 bits per heavy atom. The number of aliphatic hydroxyl groups is 2. The molecule has 95 valence electrons. The molecule has 1 aromatic carbocycles. The molecule has 1 atom stereocenters. The van der Waals surface area contributed by atoms with Crippen molar-refractivity contribution in [2.75, 3.05) is 0 Å². The molecule has 2 heterocycles. The van der Waals surface area contributed by atoms with Crippen LogP contribution in [0.2, 0.25) is 0 Å². The Bertz CT molecular complexity index is 588. The Balaban J connectivity index is 1.81. The van der Waals surface area contributed by atoms with Crippen LogP contribution in [0, 0.1) is 0 Å². The number of rotatable bonds is 3. The van der Waals surface area contributed by atoms with E-state index in [9.17, 15) is 5.11 Å². The Hall–Kier alpha value is -1.89. The summed E-state index contributed by atoms with van der Waals surface area (Å²) in [4.78, 5) is 4.07. The smallest absolute Gasteiger partial charge is 0.334 e. The Kier molecular flexibility index (Phi) is 3.21. The first-order valence-electron chi connectivity index (χ1n) is 5.80. The maximum atomic E-state index is 9.59. The summed E-state index contributed by atoms with van der Waals surface area (Å²) in [5.41, 5.74) is 2.23. The highest BCUT2D eigenvalue weighted by Crippen LogP contribution is 2.25. The van der Waals surface area contributed by atoms with Crippen LogP contribution in [0.4, 0.5) is 0 Å². The topological polar surface area (TPSA) is 71.8 Å². The fourth-order valence-electron chi connectivity index (χ4n) is 1.83. The zero-order chi connectivity index (χ0) is 13.2. The number of aliphatic hydroxyl groups excluding tert-OH is 2. The lowest BCUT2D eigenvalue weighted by Gasteiger charge is -2.08. The molecule has 3 rings (SSSR count). The number of nitrogens with zero attached hydrogens (tertiary/aromatic N) is 1. The second-order valence-corrected chi connectivity index (χ2v) is 4.16. The van der Waals surface area contributed by atoms with Crippen molar-refractivity contribution < 1.29 is 19.6 Å². The third-order valence-electron chi connectivity index (χ3n) is 2.85. The van der Waals surface area contributed by atoms with Gasteiger partial charge < -0.3 is 19.6 Å². The van der Waals surface area contributed by atoms with Gasteiger partial charge in [-0.15, -0.1) is 0 Å². The third-order valence-corrected chi connectivity index (χ3v) is 2.85. The number of ether oxygens (including phenoxy) is 1. The van der Waals surface area contributed by atoms with Crippen LogP contribution in [0.15, 0.2) is 36.5 Å². The molecule has 1 unspecified atom stereocenters. The molecular formula is C13H11BNO4. The normalized spacial score (nSPS) is 16.8. The van der Waals surface area contributed by atoms with E-state index in [1.807, 2.05) is 6.07 Å². The van der Waals surface area contributed by atoms with Crippen LogP contribution in [0.1, 0.15) is 17.4 Å². The van der Waals surface area contributed by atoms with E-state index in [0.717, 1.165) is 11.0 Å². The van der Waals surface area contributed by atoms with E-state index in [1.54, 1.807) is 30.5 Å². The van der Waals surface area contributed by atoms with Crippen molar-refractivity contribution in [2.24, 2.45) is 0 Å². The number of fused-ring (bicyclic) bond motifs is 1. The second-order valence-electron chi connectivity index (χ2n) is 4.16. The summed E-state index contributed by atoms with van der Waals surface area (Å²) in [5.74, 6) is 0.996. The van der Waals surface area contributed by atoms with Gasteiger partial charge in [0.1, 0.15) is 5.75 Å². The summed E-state index contributed by atoms with van der Waals surface area (Å²) >= 11 is 0. The molecular weight excluding hydrogens is 245 g/mol. The van der Waals surface area contributed by atoms with Gasteiger partial charge in [-0.2, -0.15) is 0 Å². The van der Waals surface area contributed by atoms with E-state index >= 15 is 0 Å². The van der Waals surface area contributed by atoms with Crippen molar-refractivity contribution in [3.63, 3.8) is 0 Å². The molecule has 0 spiro atoms. The highest BCUT2D eigenvalue weighted by molar-refractivity contribution is 6.49. The minimum Gasteiger partial charge on any atom is -0.439 e. The zero-order valence-electron chi connectivity index (χ0n) is 9.98. The first-order chi connectivity index (χ1) is 9.26. The minimum atomic E-state index is -0.941.